The maximum absolute atomic E-state index is 12.8. The minimum Gasteiger partial charge on any atom is -0.508 e. The molecule has 0 aliphatic carbocycles. The van der Waals surface area contributed by atoms with Crippen LogP contribution in [0.15, 0.2) is 30.5 Å². The van der Waals surface area contributed by atoms with Gasteiger partial charge in [0.15, 0.2) is 5.82 Å². The Bertz CT molecular complexity index is 683. The number of carbonyl (C=O) groups is 1. The molecule has 22 heavy (non-hydrogen) atoms. The second-order valence-electron chi connectivity index (χ2n) is 7.62. The molecule has 4 nitrogen and oxygen atoms in total. The van der Waals surface area contributed by atoms with Crippen molar-refractivity contribution < 1.29 is 9.90 Å². The lowest BCUT2D eigenvalue weighted by Crippen LogP contribution is -2.25. The number of benzene rings is 1. The number of hydrogen-bond acceptors (Lipinski definition) is 3. The van der Waals surface area contributed by atoms with Crippen LogP contribution < -0.4 is 0 Å². The van der Waals surface area contributed by atoms with E-state index in [9.17, 15) is 9.90 Å². The molecule has 1 heterocycles. The lowest BCUT2D eigenvalue weighted by molar-refractivity contribution is 0.101. The third-order valence-electron chi connectivity index (χ3n) is 3.53. The zero-order valence-electron chi connectivity index (χ0n) is 14.1. The number of hydrogen-bond donors (Lipinski definition) is 1. The highest BCUT2D eigenvalue weighted by molar-refractivity contribution is 6.06. The van der Waals surface area contributed by atoms with Gasteiger partial charge < -0.3 is 9.67 Å². The molecule has 0 radical (unpaired) electrons. The van der Waals surface area contributed by atoms with Crippen LogP contribution in [0.5, 0.6) is 5.75 Å². The average Bonchev–Trinajstić information content (AvgIpc) is 2.83. The first-order valence-electron chi connectivity index (χ1n) is 7.44. The molecule has 0 atom stereocenters. The van der Waals surface area contributed by atoms with Gasteiger partial charge in [-0.1, -0.05) is 20.8 Å². The zero-order chi connectivity index (χ0) is 16.7. The Kier molecular flexibility index (Phi) is 3.90. The van der Waals surface area contributed by atoms with Crippen LogP contribution in [0.3, 0.4) is 0 Å². The fourth-order valence-corrected chi connectivity index (χ4v) is 2.16. The molecule has 0 spiro atoms. The summed E-state index contributed by atoms with van der Waals surface area (Å²) in [7, 11) is 0. The number of phenolic OH excluding ortho intramolecular Hbond substituents is 1. The largest absolute Gasteiger partial charge is 0.508 e. The standard InChI is InChI=1S/C18H24N2O2/c1-17(2,3)14-11-20(18(4,5)6)16(19-14)15(22)12-7-9-13(21)10-8-12/h7-11,21H,1-6H3. The maximum Gasteiger partial charge on any atom is 0.228 e. The molecule has 0 bridgehead atoms. The smallest absolute Gasteiger partial charge is 0.228 e. The summed E-state index contributed by atoms with van der Waals surface area (Å²) >= 11 is 0. The summed E-state index contributed by atoms with van der Waals surface area (Å²) in [5.74, 6) is 0.444. The average molecular weight is 300 g/mol. The fraction of sp³-hybridized carbons (Fsp3) is 0.444. The number of aromatic nitrogens is 2. The van der Waals surface area contributed by atoms with Crippen molar-refractivity contribution in [3.05, 3.63) is 47.5 Å². The molecule has 4 heteroatoms. The number of rotatable bonds is 2. The first-order valence-corrected chi connectivity index (χ1v) is 7.44. The van der Waals surface area contributed by atoms with E-state index in [1.54, 1.807) is 12.1 Å². The molecule has 2 aromatic rings. The molecule has 1 aromatic heterocycles. The van der Waals surface area contributed by atoms with E-state index >= 15 is 0 Å². The van der Waals surface area contributed by atoms with Gasteiger partial charge in [0.2, 0.25) is 5.78 Å². The van der Waals surface area contributed by atoms with E-state index in [4.69, 9.17) is 0 Å². The summed E-state index contributed by atoms with van der Waals surface area (Å²) < 4.78 is 1.93. The van der Waals surface area contributed by atoms with Crippen LogP contribution in [0.2, 0.25) is 0 Å². The summed E-state index contributed by atoms with van der Waals surface area (Å²) in [6.07, 6.45) is 1.97. The number of phenols is 1. The highest BCUT2D eigenvalue weighted by Crippen LogP contribution is 2.27. The monoisotopic (exact) mass is 300 g/mol. The molecule has 0 amide bonds. The lowest BCUT2D eigenvalue weighted by atomic mass is 9.93. The van der Waals surface area contributed by atoms with Crippen LogP contribution in [-0.4, -0.2) is 20.4 Å². The van der Waals surface area contributed by atoms with Crippen LogP contribution in [0.4, 0.5) is 0 Å². The first-order chi connectivity index (χ1) is 10.00. The van der Waals surface area contributed by atoms with Gasteiger partial charge in [0.1, 0.15) is 5.75 Å². The van der Waals surface area contributed by atoms with Crippen LogP contribution in [0.1, 0.15) is 63.4 Å². The Morgan fingerprint density at radius 1 is 1.05 bits per heavy atom. The Morgan fingerprint density at radius 2 is 1.59 bits per heavy atom. The van der Waals surface area contributed by atoms with Crippen molar-refractivity contribution in [2.24, 2.45) is 0 Å². The van der Waals surface area contributed by atoms with E-state index in [0.29, 0.717) is 11.4 Å². The predicted molar refractivity (Wildman–Crippen MR) is 87.5 cm³/mol. The Labute approximate surface area is 131 Å². The second kappa shape index (κ2) is 5.27. The minimum absolute atomic E-state index is 0.125. The van der Waals surface area contributed by atoms with Crippen molar-refractivity contribution in [2.45, 2.75) is 52.5 Å². The summed E-state index contributed by atoms with van der Waals surface area (Å²) in [5, 5.41) is 9.37. The van der Waals surface area contributed by atoms with Gasteiger partial charge in [0.05, 0.1) is 5.69 Å². The topological polar surface area (TPSA) is 55.1 Å². The molecule has 1 N–H and O–H groups in total. The van der Waals surface area contributed by atoms with E-state index in [0.717, 1.165) is 5.69 Å². The summed E-state index contributed by atoms with van der Waals surface area (Å²) in [5.41, 5.74) is 1.05. The number of imidazole rings is 1. The van der Waals surface area contributed by atoms with E-state index in [-0.39, 0.29) is 22.5 Å². The lowest BCUT2D eigenvalue weighted by Gasteiger charge is -2.23. The van der Waals surface area contributed by atoms with Crippen LogP contribution in [-0.2, 0) is 11.0 Å². The van der Waals surface area contributed by atoms with Gasteiger partial charge in [0, 0.05) is 22.7 Å². The normalized spacial score (nSPS) is 12.5. The second-order valence-corrected chi connectivity index (χ2v) is 7.62. The maximum atomic E-state index is 12.8. The van der Waals surface area contributed by atoms with Gasteiger partial charge in [-0.3, -0.25) is 4.79 Å². The molecule has 1 aromatic carbocycles. The number of nitrogens with zero attached hydrogens (tertiary/aromatic N) is 2. The number of aromatic hydroxyl groups is 1. The minimum atomic E-state index is -0.238. The Morgan fingerprint density at radius 3 is 2.05 bits per heavy atom. The molecule has 0 fully saturated rings. The van der Waals surface area contributed by atoms with Gasteiger partial charge in [-0.15, -0.1) is 0 Å². The summed E-state index contributed by atoms with van der Waals surface area (Å²) in [6, 6.07) is 6.27. The van der Waals surface area contributed by atoms with Crippen LogP contribution in [0.25, 0.3) is 0 Å². The van der Waals surface area contributed by atoms with Crippen molar-refractivity contribution in [1.29, 1.82) is 0 Å². The van der Waals surface area contributed by atoms with Crippen LogP contribution in [0, 0.1) is 0 Å². The van der Waals surface area contributed by atoms with Crippen molar-refractivity contribution in [2.75, 3.05) is 0 Å². The quantitative estimate of drug-likeness (QED) is 0.856. The SMILES string of the molecule is CC(C)(C)c1cn(C(C)(C)C)c(C(=O)c2ccc(O)cc2)n1. The van der Waals surface area contributed by atoms with Crippen molar-refractivity contribution in [3.63, 3.8) is 0 Å². The van der Waals surface area contributed by atoms with Crippen molar-refractivity contribution in [3.8, 4) is 5.75 Å². The van der Waals surface area contributed by atoms with Gasteiger partial charge >= 0.3 is 0 Å². The molecule has 0 saturated heterocycles. The fourth-order valence-electron chi connectivity index (χ4n) is 2.16. The van der Waals surface area contributed by atoms with Crippen molar-refractivity contribution >= 4 is 5.78 Å². The predicted octanol–water partition coefficient (Wildman–Crippen LogP) is 3.87. The summed E-state index contributed by atoms with van der Waals surface area (Å²) in [6.45, 7) is 12.4. The van der Waals surface area contributed by atoms with Crippen LogP contribution >= 0.6 is 0 Å². The third-order valence-corrected chi connectivity index (χ3v) is 3.53. The Balaban J connectivity index is 2.56. The molecular weight excluding hydrogens is 276 g/mol. The van der Waals surface area contributed by atoms with Gasteiger partial charge in [-0.2, -0.15) is 0 Å². The van der Waals surface area contributed by atoms with E-state index < -0.39 is 0 Å². The van der Waals surface area contributed by atoms with E-state index in [2.05, 4.69) is 46.5 Å². The third kappa shape index (κ3) is 3.21. The molecule has 0 saturated carbocycles. The number of ketones is 1. The zero-order valence-corrected chi connectivity index (χ0v) is 14.1. The molecule has 0 aliphatic rings. The Hall–Kier alpha value is -2.10. The van der Waals surface area contributed by atoms with E-state index in [1.165, 1.54) is 12.1 Å². The molecular formula is C18H24N2O2. The highest BCUT2D eigenvalue weighted by Gasteiger charge is 2.28. The van der Waals surface area contributed by atoms with Gasteiger partial charge in [-0.05, 0) is 45.0 Å². The number of carbonyl (C=O) groups excluding carboxylic acids is 1. The van der Waals surface area contributed by atoms with Crippen molar-refractivity contribution in [1.82, 2.24) is 9.55 Å². The highest BCUT2D eigenvalue weighted by atomic mass is 16.3. The van der Waals surface area contributed by atoms with Gasteiger partial charge in [-0.25, -0.2) is 4.98 Å². The molecule has 0 aliphatic heterocycles. The molecule has 2 rings (SSSR count). The van der Waals surface area contributed by atoms with E-state index in [1.807, 2.05) is 10.8 Å². The molecule has 118 valence electrons. The molecule has 0 unspecified atom stereocenters. The summed E-state index contributed by atoms with van der Waals surface area (Å²) in [4.78, 5) is 17.4. The van der Waals surface area contributed by atoms with Gasteiger partial charge in [0.25, 0.3) is 0 Å². The first kappa shape index (κ1) is 16.3.